The summed E-state index contributed by atoms with van der Waals surface area (Å²) in [5, 5.41) is 2.86. The molecular weight excluding hydrogens is 282 g/mol. The molecule has 2 aliphatic rings. The fourth-order valence-electron chi connectivity index (χ4n) is 3.36. The summed E-state index contributed by atoms with van der Waals surface area (Å²) in [5.74, 6) is -1.24. The number of carbonyl (C=O) groups is 3. The van der Waals surface area contributed by atoms with Gasteiger partial charge in [0.2, 0.25) is 5.91 Å². The molecule has 4 unspecified atom stereocenters. The molecular formula is C17H23NO4. The lowest BCUT2D eigenvalue weighted by molar-refractivity contribution is -0.138. The third-order valence-corrected chi connectivity index (χ3v) is 5.10. The van der Waals surface area contributed by atoms with Gasteiger partial charge in [-0.05, 0) is 32.6 Å². The molecule has 22 heavy (non-hydrogen) atoms. The lowest BCUT2D eigenvalue weighted by Crippen LogP contribution is -2.46. The number of Topliss-reactive ketones (excluding diaryl/α,β-unsaturated/α-hetero) is 1. The summed E-state index contributed by atoms with van der Waals surface area (Å²) in [6.07, 6.45) is 2.84. The van der Waals surface area contributed by atoms with Crippen LogP contribution < -0.4 is 5.32 Å². The smallest absolute Gasteiger partial charge is 0.334 e. The zero-order valence-electron chi connectivity index (χ0n) is 13.6. The third kappa shape index (κ3) is 2.49. The van der Waals surface area contributed by atoms with E-state index in [1.807, 2.05) is 13.8 Å². The minimum absolute atomic E-state index is 0.0283. The molecule has 4 atom stereocenters. The molecule has 0 aromatic heterocycles. The molecule has 0 bridgehead atoms. The van der Waals surface area contributed by atoms with Crippen LogP contribution in [0.4, 0.5) is 0 Å². The van der Waals surface area contributed by atoms with Crippen molar-refractivity contribution in [2.45, 2.75) is 39.2 Å². The summed E-state index contributed by atoms with van der Waals surface area (Å²) >= 11 is 0. The lowest BCUT2D eigenvalue weighted by atomic mass is 9.97. The maximum Gasteiger partial charge on any atom is 0.334 e. The van der Waals surface area contributed by atoms with Gasteiger partial charge in [-0.15, -0.1) is 6.58 Å². The number of ether oxygens (including phenoxy) is 1. The summed E-state index contributed by atoms with van der Waals surface area (Å²) in [4.78, 5) is 36.5. The molecule has 5 nitrogen and oxygen atoms in total. The first-order valence-corrected chi connectivity index (χ1v) is 7.53. The van der Waals surface area contributed by atoms with Gasteiger partial charge in [-0.2, -0.15) is 0 Å². The average Bonchev–Trinajstić information content (AvgIpc) is 3.12. The average molecular weight is 305 g/mol. The Labute approximate surface area is 130 Å². The summed E-state index contributed by atoms with van der Waals surface area (Å²) in [6, 6.07) is 0. The normalized spacial score (nSPS) is 33.4. The molecule has 0 saturated heterocycles. The van der Waals surface area contributed by atoms with Crippen molar-refractivity contribution in [3.63, 3.8) is 0 Å². The molecule has 1 fully saturated rings. The van der Waals surface area contributed by atoms with Gasteiger partial charge in [0, 0.05) is 11.5 Å². The van der Waals surface area contributed by atoms with E-state index < -0.39 is 17.4 Å². The third-order valence-electron chi connectivity index (χ3n) is 5.10. The van der Waals surface area contributed by atoms with Crippen molar-refractivity contribution in [1.82, 2.24) is 5.32 Å². The first-order valence-electron chi connectivity index (χ1n) is 7.53. The van der Waals surface area contributed by atoms with E-state index >= 15 is 0 Å². The van der Waals surface area contributed by atoms with Crippen molar-refractivity contribution in [2.75, 3.05) is 7.11 Å². The number of ketones is 1. The van der Waals surface area contributed by atoms with E-state index in [9.17, 15) is 14.4 Å². The van der Waals surface area contributed by atoms with Crippen LogP contribution in [0, 0.1) is 17.8 Å². The molecule has 1 N–H and O–H groups in total. The molecule has 120 valence electrons. The highest BCUT2D eigenvalue weighted by Crippen LogP contribution is 2.46. The number of rotatable bonds is 5. The maximum atomic E-state index is 12.6. The van der Waals surface area contributed by atoms with Gasteiger partial charge in [-0.1, -0.05) is 18.6 Å². The second kappa shape index (κ2) is 5.71. The second-order valence-electron chi connectivity index (χ2n) is 6.34. The van der Waals surface area contributed by atoms with Crippen LogP contribution in [0.3, 0.4) is 0 Å². The Morgan fingerprint density at radius 1 is 1.41 bits per heavy atom. The first-order chi connectivity index (χ1) is 10.3. The Balaban J connectivity index is 2.21. The molecule has 0 radical (unpaired) electrons. The molecule has 1 amide bonds. The van der Waals surface area contributed by atoms with E-state index in [4.69, 9.17) is 4.74 Å². The van der Waals surface area contributed by atoms with Crippen molar-refractivity contribution in [3.05, 3.63) is 23.8 Å². The molecule has 0 aromatic rings. The number of amides is 1. The number of methoxy groups -OCH3 is 1. The predicted octanol–water partition coefficient (Wildman–Crippen LogP) is 1.78. The van der Waals surface area contributed by atoms with Crippen molar-refractivity contribution in [2.24, 2.45) is 17.8 Å². The number of carbonyl (C=O) groups excluding carboxylic acids is 3. The van der Waals surface area contributed by atoms with E-state index in [0.717, 1.165) is 5.57 Å². The highest BCUT2D eigenvalue weighted by atomic mass is 16.5. The molecule has 0 spiro atoms. The van der Waals surface area contributed by atoms with Crippen molar-refractivity contribution in [3.8, 4) is 0 Å². The molecule has 2 aliphatic carbocycles. The SMILES string of the molecule is C=CC1CC1(NC(=O)C1CC(C)C(C)=C1C(=O)OC)C(C)=O. The maximum absolute atomic E-state index is 12.6. The highest BCUT2D eigenvalue weighted by Gasteiger charge is 2.58. The number of nitrogens with one attached hydrogen (secondary N) is 1. The quantitative estimate of drug-likeness (QED) is 0.621. The van der Waals surface area contributed by atoms with Crippen LogP contribution in [0.15, 0.2) is 23.8 Å². The second-order valence-corrected chi connectivity index (χ2v) is 6.34. The first kappa shape index (κ1) is 16.5. The van der Waals surface area contributed by atoms with Crippen molar-refractivity contribution >= 4 is 17.7 Å². The Kier molecular flexibility index (Phi) is 4.27. The van der Waals surface area contributed by atoms with Crippen LogP contribution in [0.2, 0.25) is 0 Å². The molecule has 0 heterocycles. The van der Waals surface area contributed by atoms with E-state index in [0.29, 0.717) is 18.4 Å². The Morgan fingerprint density at radius 3 is 2.50 bits per heavy atom. The van der Waals surface area contributed by atoms with E-state index in [1.54, 1.807) is 6.08 Å². The molecule has 0 aromatic carbocycles. The van der Waals surface area contributed by atoms with Crippen LogP contribution in [0.25, 0.3) is 0 Å². The van der Waals surface area contributed by atoms with Crippen LogP contribution in [-0.2, 0) is 19.1 Å². The molecule has 1 saturated carbocycles. The van der Waals surface area contributed by atoms with Crippen LogP contribution in [0.1, 0.15) is 33.6 Å². The number of hydrogen-bond donors (Lipinski definition) is 1. The number of esters is 1. The van der Waals surface area contributed by atoms with Crippen molar-refractivity contribution in [1.29, 1.82) is 0 Å². The summed E-state index contributed by atoms with van der Waals surface area (Å²) in [6.45, 7) is 9.01. The van der Waals surface area contributed by atoms with E-state index in [-0.39, 0.29) is 23.5 Å². The van der Waals surface area contributed by atoms with Gasteiger partial charge in [0.25, 0.3) is 0 Å². The summed E-state index contributed by atoms with van der Waals surface area (Å²) < 4.78 is 4.81. The number of allylic oxidation sites excluding steroid dienone is 1. The lowest BCUT2D eigenvalue weighted by Gasteiger charge is -2.20. The minimum atomic E-state index is -0.834. The summed E-state index contributed by atoms with van der Waals surface area (Å²) in [7, 11) is 1.31. The number of hydrogen-bond acceptors (Lipinski definition) is 4. The highest BCUT2D eigenvalue weighted by molar-refractivity contribution is 6.01. The topological polar surface area (TPSA) is 72.5 Å². The fraction of sp³-hybridized carbons (Fsp3) is 0.588. The largest absolute Gasteiger partial charge is 0.466 e. The van der Waals surface area contributed by atoms with Gasteiger partial charge in [0.05, 0.1) is 13.0 Å². The fourth-order valence-corrected chi connectivity index (χ4v) is 3.36. The standard InChI is InChI=1S/C17H23NO4/c1-6-12-8-17(12,11(4)19)18-15(20)13-7-9(2)10(3)14(13)16(21)22-5/h6,9,12-13H,1,7-8H2,2-5H3,(H,18,20). The van der Waals surface area contributed by atoms with Crippen LogP contribution >= 0.6 is 0 Å². The van der Waals surface area contributed by atoms with Gasteiger partial charge in [0.15, 0.2) is 5.78 Å². The predicted molar refractivity (Wildman–Crippen MR) is 81.8 cm³/mol. The van der Waals surface area contributed by atoms with E-state index in [1.165, 1.54) is 14.0 Å². The molecule has 0 aliphatic heterocycles. The Morgan fingerprint density at radius 2 is 2.05 bits per heavy atom. The van der Waals surface area contributed by atoms with Crippen molar-refractivity contribution < 1.29 is 19.1 Å². The summed E-state index contributed by atoms with van der Waals surface area (Å²) in [5.41, 5.74) is 0.488. The Hall–Kier alpha value is -1.91. The van der Waals surface area contributed by atoms with Crippen LogP contribution in [0.5, 0.6) is 0 Å². The zero-order valence-corrected chi connectivity index (χ0v) is 13.6. The monoisotopic (exact) mass is 305 g/mol. The van der Waals surface area contributed by atoms with Gasteiger partial charge < -0.3 is 10.1 Å². The van der Waals surface area contributed by atoms with Gasteiger partial charge in [-0.3, -0.25) is 9.59 Å². The zero-order chi connectivity index (χ0) is 16.7. The van der Waals surface area contributed by atoms with Gasteiger partial charge >= 0.3 is 5.97 Å². The molecule has 2 rings (SSSR count). The van der Waals surface area contributed by atoms with Gasteiger partial charge in [0.1, 0.15) is 5.54 Å². The van der Waals surface area contributed by atoms with E-state index in [2.05, 4.69) is 11.9 Å². The van der Waals surface area contributed by atoms with Gasteiger partial charge in [-0.25, -0.2) is 4.79 Å². The Bertz CT molecular complexity index is 577. The van der Waals surface area contributed by atoms with Crippen LogP contribution in [-0.4, -0.2) is 30.3 Å². The minimum Gasteiger partial charge on any atom is -0.466 e. The molecule has 5 heteroatoms.